The molecule has 2 fully saturated rings. The predicted molar refractivity (Wildman–Crippen MR) is 68.2 cm³/mol. The lowest BCUT2D eigenvalue weighted by atomic mass is 10.0. The smallest absolute Gasteiger partial charge is 0.251 e. The Labute approximate surface area is 107 Å². The van der Waals surface area contributed by atoms with Crippen molar-refractivity contribution in [2.24, 2.45) is 11.8 Å². The Hall–Kier alpha value is -1.64. The fraction of sp³-hybridized carbons (Fsp3) is 0.467. The molecule has 1 amide bonds. The molecule has 2 unspecified atom stereocenters. The maximum Gasteiger partial charge on any atom is 0.251 e. The van der Waals surface area contributed by atoms with Gasteiger partial charge in [-0.1, -0.05) is 18.2 Å². The summed E-state index contributed by atoms with van der Waals surface area (Å²) in [5, 5.41) is 3.09. The number of carbonyl (C=O) groups excluding carboxylic acids is 2. The SMILES string of the molecule is O=C1CC2CC(NC(=O)c3ccccc3)CC2C1. The molecule has 2 aliphatic rings. The zero-order valence-electron chi connectivity index (χ0n) is 10.3. The number of carbonyl (C=O) groups is 2. The van der Waals surface area contributed by atoms with Gasteiger partial charge in [-0.05, 0) is 36.8 Å². The average Bonchev–Trinajstić information content (AvgIpc) is 2.86. The number of rotatable bonds is 2. The Kier molecular flexibility index (Phi) is 2.90. The summed E-state index contributed by atoms with van der Waals surface area (Å²) >= 11 is 0. The summed E-state index contributed by atoms with van der Waals surface area (Å²) in [4.78, 5) is 23.3. The third kappa shape index (κ3) is 2.17. The fourth-order valence-electron chi connectivity index (χ4n) is 3.36. The van der Waals surface area contributed by atoms with Crippen LogP contribution in [-0.2, 0) is 4.79 Å². The molecule has 0 heterocycles. The van der Waals surface area contributed by atoms with Crippen LogP contribution in [-0.4, -0.2) is 17.7 Å². The highest BCUT2D eigenvalue weighted by Crippen LogP contribution is 2.42. The van der Waals surface area contributed by atoms with Crippen molar-refractivity contribution in [3.8, 4) is 0 Å². The van der Waals surface area contributed by atoms with E-state index in [2.05, 4.69) is 5.32 Å². The molecular weight excluding hydrogens is 226 g/mol. The minimum Gasteiger partial charge on any atom is -0.349 e. The fourth-order valence-corrected chi connectivity index (χ4v) is 3.36. The maximum atomic E-state index is 12.0. The Morgan fingerprint density at radius 3 is 2.28 bits per heavy atom. The van der Waals surface area contributed by atoms with E-state index in [9.17, 15) is 9.59 Å². The van der Waals surface area contributed by atoms with Gasteiger partial charge in [0.2, 0.25) is 0 Å². The van der Waals surface area contributed by atoms with E-state index < -0.39 is 0 Å². The van der Waals surface area contributed by atoms with Crippen LogP contribution in [0.5, 0.6) is 0 Å². The van der Waals surface area contributed by atoms with Crippen LogP contribution < -0.4 is 5.32 Å². The molecule has 18 heavy (non-hydrogen) atoms. The summed E-state index contributed by atoms with van der Waals surface area (Å²) in [6, 6.07) is 9.56. The van der Waals surface area contributed by atoms with Crippen molar-refractivity contribution < 1.29 is 9.59 Å². The van der Waals surface area contributed by atoms with Crippen LogP contribution in [0.3, 0.4) is 0 Å². The third-order valence-corrected chi connectivity index (χ3v) is 4.19. The minimum absolute atomic E-state index is 0.00639. The van der Waals surface area contributed by atoms with Crippen molar-refractivity contribution in [2.75, 3.05) is 0 Å². The molecule has 0 bridgehead atoms. The first-order valence-electron chi connectivity index (χ1n) is 6.60. The Morgan fingerprint density at radius 1 is 1.06 bits per heavy atom. The van der Waals surface area contributed by atoms with Crippen LogP contribution >= 0.6 is 0 Å². The van der Waals surface area contributed by atoms with E-state index in [4.69, 9.17) is 0 Å². The van der Waals surface area contributed by atoms with E-state index in [0.717, 1.165) is 25.7 Å². The standard InChI is InChI=1S/C15H17NO2/c17-14-8-11-6-13(7-12(11)9-14)16-15(18)10-4-2-1-3-5-10/h1-5,11-13H,6-9H2,(H,16,18). The number of amides is 1. The summed E-state index contributed by atoms with van der Waals surface area (Å²) in [6.07, 6.45) is 3.38. The molecule has 2 aliphatic carbocycles. The second kappa shape index (κ2) is 4.56. The summed E-state index contributed by atoms with van der Waals surface area (Å²) in [5.41, 5.74) is 0.714. The lowest BCUT2D eigenvalue weighted by Crippen LogP contribution is -2.33. The second-order valence-electron chi connectivity index (χ2n) is 5.47. The zero-order valence-corrected chi connectivity index (χ0v) is 10.3. The van der Waals surface area contributed by atoms with Gasteiger partial charge in [-0.2, -0.15) is 0 Å². The summed E-state index contributed by atoms with van der Waals surface area (Å²) in [5.74, 6) is 1.43. The third-order valence-electron chi connectivity index (χ3n) is 4.19. The van der Waals surface area contributed by atoms with Gasteiger partial charge in [-0.15, -0.1) is 0 Å². The van der Waals surface area contributed by atoms with Crippen LogP contribution in [0.1, 0.15) is 36.0 Å². The first-order valence-corrected chi connectivity index (χ1v) is 6.60. The van der Waals surface area contributed by atoms with Crippen molar-refractivity contribution >= 4 is 11.7 Å². The van der Waals surface area contributed by atoms with Gasteiger partial charge >= 0.3 is 0 Å². The van der Waals surface area contributed by atoms with Crippen LogP contribution in [0.15, 0.2) is 30.3 Å². The molecule has 2 atom stereocenters. The van der Waals surface area contributed by atoms with Crippen LogP contribution in [0.2, 0.25) is 0 Å². The summed E-state index contributed by atoms with van der Waals surface area (Å²) < 4.78 is 0. The Morgan fingerprint density at radius 2 is 1.67 bits per heavy atom. The molecule has 3 rings (SSSR count). The zero-order chi connectivity index (χ0) is 12.5. The highest BCUT2D eigenvalue weighted by molar-refractivity contribution is 5.94. The number of ketones is 1. The minimum atomic E-state index is 0.00639. The number of benzene rings is 1. The van der Waals surface area contributed by atoms with E-state index in [0.29, 0.717) is 23.2 Å². The monoisotopic (exact) mass is 243 g/mol. The van der Waals surface area contributed by atoms with E-state index >= 15 is 0 Å². The lowest BCUT2D eigenvalue weighted by Gasteiger charge is -2.13. The van der Waals surface area contributed by atoms with Crippen LogP contribution in [0.4, 0.5) is 0 Å². The molecule has 1 aromatic carbocycles. The molecule has 0 spiro atoms. The Bertz CT molecular complexity index is 453. The molecule has 0 aromatic heterocycles. The van der Waals surface area contributed by atoms with Crippen molar-refractivity contribution in [1.29, 1.82) is 0 Å². The molecule has 0 aliphatic heterocycles. The molecule has 1 aromatic rings. The van der Waals surface area contributed by atoms with Gasteiger partial charge in [0.25, 0.3) is 5.91 Å². The summed E-state index contributed by atoms with van der Waals surface area (Å²) in [7, 11) is 0. The van der Waals surface area contributed by atoms with Crippen molar-refractivity contribution in [2.45, 2.75) is 31.7 Å². The van der Waals surface area contributed by atoms with E-state index in [1.807, 2.05) is 30.3 Å². The van der Waals surface area contributed by atoms with Crippen LogP contribution in [0, 0.1) is 11.8 Å². The largest absolute Gasteiger partial charge is 0.349 e. The van der Waals surface area contributed by atoms with Crippen molar-refractivity contribution in [3.05, 3.63) is 35.9 Å². The highest BCUT2D eigenvalue weighted by atomic mass is 16.1. The normalized spacial score (nSPS) is 30.2. The molecule has 94 valence electrons. The van der Waals surface area contributed by atoms with Crippen molar-refractivity contribution in [3.63, 3.8) is 0 Å². The van der Waals surface area contributed by atoms with Gasteiger partial charge in [0.1, 0.15) is 5.78 Å². The topological polar surface area (TPSA) is 46.2 Å². The van der Waals surface area contributed by atoms with E-state index in [1.165, 1.54) is 0 Å². The average molecular weight is 243 g/mol. The van der Waals surface area contributed by atoms with Gasteiger partial charge in [0, 0.05) is 24.4 Å². The van der Waals surface area contributed by atoms with E-state index in [1.54, 1.807) is 0 Å². The van der Waals surface area contributed by atoms with Crippen LogP contribution in [0.25, 0.3) is 0 Å². The van der Waals surface area contributed by atoms with Gasteiger partial charge in [-0.25, -0.2) is 0 Å². The molecule has 3 nitrogen and oxygen atoms in total. The Balaban J connectivity index is 1.59. The lowest BCUT2D eigenvalue weighted by molar-refractivity contribution is -0.117. The van der Waals surface area contributed by atoms with Gasteiger partial charge < -0.3 is 5.32 Å². The first-order chi connectivity index (χ1) is 8.72. The number of fused-ring (bicyclic) bond motifs is 1. The number of hydrogen-bond donors (Lipinski definition) is 1. The molecule has 0 radical (unpaired) electrons. The molecule has 1 N–H and O–H groups in total. The number of nitrogens with one attached hydrogen (secondary N) is 1. The predicted octanol–water partition coefficient (Wildman–Crippen LogP) is 2.17. The van der Waals surface area contributed by atoms with Crippen molar-refractivity contribution in [1.82, 2.24) is 5.32 Å². The maximum absolute atomic E-state index is 12.0. The second-order valence-corrected chi connectivity index (χ2v) is 5.47. The molecule has 3 heteroatoms. The number of hydrogen-bond acceptors (Lipinski definition) is 2. The summed E-state index contributed by atoms with van der Waals surface area (Å²) in [6.45, 7) is 0. The number of Topliss-reactive ketones (excluding diaryl/α,β-unsaturated/α-hetero) is 1. The van der Waals surface area contributed by atoms with Gasteiger partial charge in [0.15, 0.2) is 0 Å². The molecule has 2 saturated carbocycles. The molecular formula is C15H17NO2. The molecule has 0 saturated heterocycles. The highest BCUT2D eigenvalue weighted by Gasteiger charge is 2.41. The van der Waals surface area contributed by atoms with E-state index in [-0.39, 0.29) is 11.9 Å². The van der Waals surface area contributed by atoms with Gasteiger partial charge in [0.05, 0.1) is 0 Å². The van der Waals surface area contributed by atoms with Gasteiger partial charge in [-0.3, -0.25) is 9.59 Å². The quantitative estimate of drug-likeness (QED) is 0.865. The first kappa shape index (κ1) is 11.5.